The van der Waals surface area contributed by atoms with Crippen molar-refractivity contribution in [2.45, 2.75) is 65.1 Å². The molecule has 1 aliphatic carbocycles. The number of allylic oxidation sites excluding steroid dienone is 3. The van der Waals surface area contributed by atoms with Crippen LogP contribution in [-0.4, -0.2) is 8.32 Å². The molecule has 0 spiro atoms. The lowest BCUT2D eigenvalue weighted by molar-refractivity contribution is 0.386. The third-order valence-electron chi connectivity index (χ3n) is 3.99. The van der Waals surface area contributed by atoms with Crippen LogP contribution in [0.5, 0.6) is 0 Å². The van der Waals surface area contributed by atoms with Gasteiger partial charge < -0.3 is 4.43 Å². The Labute approximate surface area is 108 Å². The molecular formula is C15H28OSi. The summed E-state index contributed by atoms with van der Waals surface area (Å²) in [6, 6.07) is 0. The molecule has 1 nitrogen and oxygen atoms in total. The van der Waals surface area contributed by atoms with E-state index in [-0.39, 0.29) is 0 Å². The van der Waals surface area contributed by atoms with Gasteiger partial charge in [0.25, 0.3) is 8.32 Å². The molecule has 0 fully saturated rings. The molecule has 2 heteroatoms. The molecule has 0 aromatic rings. The van der Waals surface area contributed by atoms with Gasteiger partial charge in [-0.25, -0.2) is 0 Å². The van der Waals surface area contributed by atoms with Crippen molar-refractivity contribution in [1.29, 1.82) is 0 Å². The van der Waals surface area contributed by atoms with Gasteiger partial charge in [-0.15, -0.1) is 0 Å². The lowest BCUT2D eigenvalue weighted by Crippen LogP contribution is -2.47. The minimum Gasteiger partial charge on any atom is -0.543 e. The molecule has 0 aromatic carbocycles. The van der Waals surface area contributed by atoms with Crippen LogP contribution in [0.4, 0.5) is 0 Å². The molecule has 0 heterocycles. The van der Waals surface area contributed by atoms with E-state index in [0.717, 1.165) is 5.76 Å². The van der Waals surface area contributed by atoms with Crippen LogP contribution in [0, 0.1) is 5.92 Å². The highest BCUT2D eigenvalue weighted by Gasteiger charge is 2.47. The average molecular weight is 252 g/mol. The summed E-state index contributed by atoms with van der Waals surface area (Å²) < 4.78 is 6.57. The highest BCUT2D eigenvalue weighted by molar-refractivity contribution is 6.77. The zero-order valence-corrected chi connectivity index (χ0v) is 13.4. The predicted octanol–water partition coefficient (Wildman–Crippen LogP) is 5.27. The van der Waals surface area contributed by atoms with Crippen LogP contribution >= 0.6 is 0 Å². The Bertz CT molecular complexity index is 291. The number of hydrogen-bond donors (Lipinski definition) is 0. The Morgan fingerprint density at radius 3 is 1.76 bits per heavy atom. The van der Waals surface area contributed by atoms with E-state index in [2.05, 4.69) is 66.7 Å². The fourth-order valence-corrected chi connectivity index (χ4v) is 8.49. The monoisotopic (exact) mass is 252 g/mol. The molecule has 1 aliphatic rings. The van der Waals surface area contributed by atoms with Gasteiger partial charge in [0, 0.05) is 0 Å². The summed E-state index contributed by atoms with van der Waals surface area (Å²) in [5.41, 5.74) is 1.94. The molecule has 0 N–H and O–H groups in total. The summed E-state index contributed by atoms with van der Waals surface area (Å²) in [6.45, 7) is 16.2. The van der Waals surface area contributed by atoms with Crippen molar-refractivity contribution in [3.8, 4) is 0 Å². The van der Waals surface area contributed by atoms with Crippen molar-refractivity contribution in [1.82, 2.24) is 0 Å². The average Bonchev–Trinajstić information content (AvgIpc) is 2.58. The van der Waals surface area contributed by atoms with Gasteiger partial charge in [-0.1, -0.05) is 54.5 Å². The Hall–Kier alpha value is -0.503. The molecule has 17 heavy (non-hydrogen) atoms. The van der Waals surface area contributed by atoms with E-state index < -0.39 is 8.32 Å². The predicted molar refractivity (Wildman–Crippen MR) is 78.5 cm³/mol. The first kappa shape index (κ1) is 14.6. The maximum absolute atomic E-state index is 6.57. The number of rotatable bonds is 5. The summed E-state index contributed by atoms with van der Waals surface area (Å²) in [6.07, 6.45) is 6.62. The molecule has 0 aromatic heterocycles. The SMILES string of the molecule is CC1C=CC(O[Si](C(C)C)(C(C)C)C(C)C)=C1. The van der Waals surface area contributed by atoms with Crippen LogP contribution in [0.15, 0.2) is 24.0 Å². The molecule has 0 amide bonds. The molecule has 1 atom stereocenters. The van der Waals surface area contributed by atoms with E-state index in [0.29, 0.717) is 22.5 Å². The maximum Gasteiger partial charge on any atom is 0.258 e. The van der Waals surface area contributed by atoms with Gasteiger partial charge in [-0.3, -0.25) is 0 Å². The molecular weight excluding hydrogens is 224 g/mol. The Morgan fingerprint density at radius 1 is 1.00 bits per heavy atom. The quantitative estimate of drug-likeness (QED) is 0.606. The van der Waals surface area contributed by atoms with Gasteiger partial charge in [-0.05, 0) is 34.7 Å². The fourth-order valence-electron chi connectivity index (χ4n) is 3.24. The van der Waals surface area contributed by atoms with Crippen LogP contribution in [0.25, 0.3) is 0 Å². The lowest BCUT2D eigenvalue weighted by Gasteiger charge is -2.42. The van der Waals surface area contributed by atoms with Crippen molar-refractivity contribution < 1.29 is 4.43 Å². The van der Waals surface area contributed by atoms with E-state index in [4.69, 9.17) is 4.43 Å². The van der Waals surface area contributed by atoms with Crippen LogP contribution in [-0.2, 0) is 4.43 Å². The summed E-state index contributed by atoms with van der Waals surface area (Å²) in [5, 5.41) is 0. The first-order valence-corrected chi connectivity index (χ1v) is 9.03. The normalized spacial score (nSPS) is 20.6. The standard InChI is InChI=1S/C15H28OSi/c1-11(2)17(12(3)4,13(5)6)16-15-9-8-14(7)10-15/h8-14H,1-7H3. The Balaban J connectivity index is 2.99. The molecule has 0 saturated carbocycles. The van der Waals surface area contributed by atoms with E-state index in [1.807, 2.05) is 0 Å². The molecule has 0 bridgehead atoms. The summed E-state index contributed by atoms with van der Waals surface area (Å²) in [5.74, 6) is 1.64. The topological polar surface area (TPSA) is 9.23 Å². The molecule has 0 radical (unpaired) electrons. The van der Waals surface area contributed by atoms with Crippen molar-refractivity contribution in [2.75, 3.05) is 0 Å². The van der Waals surface area contributed by atoms with E-state index in [1.54, 1.807) is 0 Å². The second-order valence-corrected chi connectivity index (χ2v) is 11.6. The van der Waals surface area contributed by atoms with Crippen molar-refractivity contribution in [3.05, 3.63) is 24.0 Å². The molecule has 0 saturated heterocycles. The van der Waals surface area contributed by atoms with E-state index in [1.165, 1.54) is 0 Å². The van der Waals surface area contributed by atoms with Gasteiger partial charge in [0.1, 0.15) is 0 Å². The lowest BCUT2D eigenvalue weighted by atomic mass is 10.2. The zero-order valence-electron chi connectivity index (χ0n) is 12.4. The third kappa shape index (κ3) is 2.85. The highest BCUT2D eigenvalue weighted by atomic mass is 28.4. The second-order valence-electron chi connectivity index (χ2n) is 6.21. The molecule has 0 aliphatic heterocycles. The fraction of sp³-hybridized carbons (Fsp3) is 0.733. The minimum atomic E-state index is -1.74. The molecule has 98 valence electrons. The van der Waals surface area contributed by atoms with Crippen molar-refractivity contribution in [2.24, 2.45) is 5.92 Å². The summed E-state index contributed by atoms with van der Waals surface area (Å²) in [4.78, 5) is 0. The second kappa shape index (κ2) is 5.43. The zero-order chi connectivity index (χ0) is 13.2. The summed E-state index contributed by atoms with van der Waals surface area (Å²) in [7, 11) is -1.74. The van der Waals surface area contributed by atoms with Gasteiger partial charge >= 0.3 is 0 Å². The number of hydrogen-bond acceptors (Lipinski definition) is 1. The molecule has 1 unspecified atom stereocenters. The first-order chi connectivity index (χ1) is 7.80. The summed E-state index contributed by atoms with van der Waals surface area (Å²) >= 11 is 0. The smallest absolute Gasteiger partial charge is 0.258 e. The van der Waals surface area contributed by atoms with Crippen LogP contribution in [0.2, 0.25) is 16.6 Å². The maximum atomic E-state index is 6.57. The van der Waals surface area contributed by atoms with Gasteiger partial charge in [0.05, 0.1) is 5.76 Å². The van der Waals surface area contributed by atoms with Crippen LogP contribution in [0.1, 0.15) is 48.5 Å². The van der Waals surface area contributed by atoms with Gasteiger partial charge in [0.15, 0.2) is 0 Å². The van der Waals surface area contributed by atoms with Crippen molar-refractivity contribution >= 4 is 8.32 Å². The Morgan fingerprint density at radius 2 is 1.47 bits per heavy atom. The van der Waals surface area contributed by atoms with Gasteiger partial charge in [-0.2, -0.15) is 0 Å². The highest BCUT2D eigenvalue weighted by Crippen LogP contribution is 2.44. The van der Waals surface area contributed by atoms with E-state index in [9.17, 15) is 0 Å². The van der Waals surface area contributed by atoms with E-state index >= 15 is 0 Å². The van der Waals surface area contributed by atoms with Crippen LogP contribution < -0.4 is 0 Å². The van der Waals surface area contributed by atoms with Crippen molar-refractivity contribution in [3.63, 3.8) is 0 Å². The Kier molecular flexibility index (Phi) is 4.65. The van der Waals surface area contributed by atoms with Gasteiger partial charge in [0.2, 0.25) is 0 Å². The molecule has 1 rings (SSSR count). The first-order valence-electron chi connectivity index (χ1n) is 6.89. The largest absolute Gasteiger partial charge is 0.543 e. The minimum absolute atomic E-state index is 0.531. The third-order valence-corrected chi connectivity index (χ3v) is 10.00. The van der Waals surface area contributed by atoms with Crippen LogP contribution in [0.3, 0.4) is 0 Å².